The molecule has 0 saturated heterocycles. The number of methoxy groups -OCH3 is 1. The van der Waals surface area contributed by atoms with E-state index in [0.29, 0.717) is 0 Å². The molecule has 0 aromatic carbocycles. The first-order chi connectivity index (χ1) is 3.18. The Morgan fingerprint density at radius 3 is 2.43 bits per heavy atom. The largest absolute Gasteiger partial charge is 0.367 e. The van der Waals surface area contributed by atoms with Crippen LogP contribution in [0.4, 0.5) is 0 Å². The van der Waals surface area contributed by atoms with Crippen molar-refractivity contribution in [2.24, 2.45) is 5.73 Å². The molecule has 4 heteroatoms. The molecule has 2 N–H and O–H groups in total. The van der Waals surface area contributed by atoms with Crippen molar-refractivity contribution in [3.63, 3.8) is 0 Å². The third-order valence-corrected chi connectivity index (χ3v) is 1.55. The van der Waals surface area contributed by atoms with Gasteiger partial charge in [-0.1, -0.05) is 0 Å². The van der Waals surface area contributed by atoms with Crippen molar-refractivity contribution < 1.29 is 9.53 Å². The number of amides is 1. The molecule has 0 spiro atoms. The molecule has 0 rings (SSSR count). The Bertz CT molecular complexity index is 75.3. The topological polar surface area (TPSA) is 52.3 Å². The van der Waals surface area contributed by atoms with Gasteiger partial charge in [0.1, 0.15) is 0 Å². The van der Waals surface area contributed by atoms with E-state index >= 15 is 0 Å². The first-order valence-electron chi connectivity index (χ1n) is 1.64. The van der Waals surface area contributed by atoms with E-state index in [0.717, 1.165) is 0 Å². The molecule has 42 valence electrons. The van der Waals surface area contributed by atoms with E-state index in [1.54, 1.807) is 22.6 Å². The predicted octanol–water partition coefficient (Wildman–Crippen LogP) is -0.121. The molecular formula is C3H6INO2. The number of ether oxygens (including phenoxy) is 1. The fourth-order valence-corrected chi connectivity index (χ4v) is 0.116. The van der Waals surface area contributed by atoms with Crippen molar-refractivity contribution in [2.75, 3.05) is 7.11 Å². The number of alkyl halides is 1. The number of nitrogens with two attached hydrogens (primary N) is 1. The highest BCUT2D eigenvalue weighted by Crippen LogP contribution is 1.96. The van der Waals surface area contributed by atoms with E-state index in [2.05, 4.69) is 4.74 Å². The summed E-state index contributed by atoms with van der Waals surface area (Å²) >= 11 is 1.80. The normalized spacial score (nSPS) is 13.4. The van der Waals surface area contributed by atoms with Gasteiger partial charge in [0.2, 0.25) is 0 Å². The molecule has 0 radical (unpaired) electrons. The maximum absolute atomic E-state index is 10.0. The fraction of sp³-hybridized carbons (Fsp3) is 0.667. The summed E-state index contributed by atoms with van der Waals surface area (Å²) in [5.74, 6) is -0.442. The van der Waals surface area contributed by atoms with E-state index in [9.17, 15) is 4.79 Å². The van der Waals surface area contributed by atoms with Crippen LogP contribution >= 0.6 is 22.6 Å². The third kappa shape index (κ3) is 2.81. The summed E-state index contributed by atoms with van der Waals surface area (Å²) in [6.07, 6.45) is 0. The Morgan fingerprint density at radius 1 is 2.00 bits per heavy atom. The molecule has 0 aromatic heterocycles. The molecule has 3 nitrogen and oxygen atoms in total. The first kappa shape index (κ1) is 7.16. The second-order valence-corrected chi connectivity index (χ2v) is 2.09. The Morgan fingerprint density at radius 2 is 2.43 bits per heavy atom. The summed E-state index contributed by atoms with van der Waals surface area (Å²) in [6.45, 7) is 0. The SMILES string of the molecule is COC(I)C(N)=O. The monoisotopic (exact) mass is 215 g/mol. The van der Waals surface area contributed by atoms with Crippen LogP contribution in [0.3, 0.4) is 0 Å². The standard InChI is InChI=1S/C3H6INO2/c1-7-2(4)3(5)6/h2H,1H3,(H2,5,6). The third-order valence-electron chi connectivity index (χ3n) is 0.431. The maximum atomic E-state index is 10.0. The predicted molar refractivity (Wildman–Crippen MR) is 34.0 cm³/mol. The van der Waals surface area contributed by atoms with Gasteiger partial charge in [-0.15, -0.1) is 0 Å². The van der Waals surface area contributed by atoms with Crippen molar-refractivity contribution in [3.05, 3.63) is 0 Å². The molecule has 0 bridgehead atoms. The van der Waals surface area contributed by atoms with Gasteiger partial charge >= 0.3 is 0 Å². The van der Waals surface area contributed by atoms with Gasteiger partial charge in [0.05, 0.1) is 0 Å². The van der Waals surface area contributed by atoms with Gasteiger partial charge in [-0.3, -0.25) is 4.79 Å². The Hall–Kier alpha value is 0.160. The highest BCUT2D eigenvalue weighted by Gasteiger charge is 2.05. The van der Waals surface area contributed by atoms with Crippen LogP contribution in [0, 0.1) is 0 Å². The Labute approximate surface area is 55.3 Å². The lowest BCUT2D eigenvalue weighted by Crippen LogP contribution is -2.24. The van der Waals surface area contributed by atoms with Gasteiger partial charge < -0.3 is 10.5 Å². The summed E-state index contributed by atoms with van der Waals surface area (Å²) in [6, 6.07) is 0. The van der Waals surface area contributed by atoms with Gasteiger partial charge in [-0.05, 0) is 22.6 Å². The summed E-state index contributed by atoms with van der Waals surface area (Å²) in [5, 5.41) is 0. The van der Waals surface area contributed by atoms with Crippen LogP contribution in [0.2, 0.25) is 0 Å². The minimum absolute atomic E-state index is 0.442. The first-order valence-corrected chi connectivity index (χ1v) is 2.89. The number of carbonyl (C=O) groups excluding carboxylic acids is 1. The van der Waals surface area contributed by atoms with Crippen LogP contribution in [-0.4, -0.2) is 17.1 Å². The number of halogens is 1. The van der Waals surface area contributed by atoms with Crippen LogP contribution in [-0.2, 0) is 9.53 Å². The lowest BCUT2D eigenvalue weighted by atomic mass is 10.7. The van der Waals surface area contributed by atoms with E-state index in [1.165, 1.54) is 7.11 Å². The molecule has 1 amide bonds. The van der Waals surface area contributed by atoms with Gasteiger partial charge in [0.25, 0.3) is 5.91 Å². The Kier molecular flexibility index (Phi) is 3.27. The Balaban J connectivity index is 3.34. The number of hydrogen-bond donors (Lipinski definition) is 1. The molecule has 7 heavy (non-hydrogen) atoms. The summed E-state index contributed by atoms with van der Waals surface area (Å²) in [4.78, 5) is 10.0. The molecule has 0 fully saturated rings. The second-order valence-electron chi connectivity index (χ2n) is 0.954. The molecule has 1 unspecified atom stereocenters. The van der Waals surface area contributed by atoms with Crippen molar-refractivity contribution in [1.82, 2.24) is 0 Å². The average molecular weight is 215 g/mol. The van der Waals surface area contributed by atoms with Gasteiger partial charge in [0, 0.05) is 7.11 Å². The number of carbonyl (C=O) groups is 1. The van der Waals surface area contributed by atoms with Crippen LogP contribution in [0.5, 0.6) is 0 Å². The summed E-state index contributed by atoms with van der Waals surface area (Å²) in [5.41, 5.74) is 4.78. The van der Waals surface area contributed by atoms with Crippen LogP contribution in [0.1, 0.15) is 0 Å². The van der Waals surface area contributed by atoms with E-state index in [4.69, 9.17) is 5.73 Å². The van der Waals surface area contributed by atoms with E-state index in [1.807, 2.05) is 0 Å². The molecule has 0 saturated carbocycles. The molecular weight excluding hydrogens is 209 g/mol. The molecule has 0 heterocycles. The van der Waals surface area contributed by atoms with Crippen molar-refractivity contribution in [3.8, 4) is 0 Å². The lowest BCUT2D eigenvalue weighted by Gasteiger charge is -1.98. The van der Waals surface area contributed by atoms with Crippen molar-refractivity contribution in [1.29, 1.82) is 0 Å². The van der Waals surface area contributed by atoms with Crippen LogP contribution < -0.4 is 5.73 Å². The smallest absolute Gasteiger partial charge is 0.256 e. The summed E-state index contributed by atoms with van der Waals surface area (Å²) in [7, 11) is 1.43. The fourth-order valence-electron chi connectivity index (χ4n) is 0.116. The molecule has 0 aliphatic rings. The van der Waals surface area contributed by atoms with Crippen LogP contribution in [0.25, 0.3) is 0 Å². The molecule has 0 aliphatic carbocycles. The zero-order valence-corrected chi connectivity index (χ0v) is 6.01. The zero-order chi connectivity index (χ0) is 5.86. The number of hydrogen-bond acceptors (Lipinski definition) is 2. The summed E-state index contributed by atoms with van der Waals surface area (Å²) < 4.78 is 4.04. The van der Waals surface area contributed by atoms with Crippen molar-refractivity contribution >= 4 is 28.5 Å². The number of rotatable bonds is 2. The molecule has 1 atom stereocenters. The number of primary amides is 1. The van der Waals surface area contributed by atoms with Crippen molar-refractivity contribution in [2.45, 2.75) is 4.11 Å². The van der Waals surface area contributed by atoms with Gasteiger partial charge in [-0.2, -0.15) is 0 Å². The zero-order valence-electron chi connectivity index (χ0n) is 3.85. The average Bonchev–Trinajstić information content (AvgIpc) is 1.65. The molecule has 0 aromatic rings. The van der Waals surface area contributed by atoms with E-state index in [-0.39, 0.29) is 0 Å². The highest BCUT2D eigenvalue weighted by atomic mass is 127. The van der Waals surface area contributed by atoms with E-state index < -0.39 is 10.0 Å². The maximum Gasteiger partial charge on any atom is 0.256 e. The quantitative estimate of drug-likeness (QED) is 0.515. The lowest BCUT2D eigenvalue weighted by molar-refractivity contribution is -0.122. The second kappa shape index (κ2) is 3.20. The van der Waals surface area contributed by atoms with Gasteiger partial charge in [-0.25, -0.2) is 0 Å². The highest BCUT2D eigenvalue weighted by molar-refractivity contribution is 14.1. The van der Waals surface area contributed by atoms with Gasteiger partial charge in [0.15, 0.2) is 4.11 Å². The minimum Gasteiger partial charge on any atom is -0.367 e. The minimum atomic E-state index is -0.488. The van der Waals surface area contributed by atoms with Crippen LogP contribution in [0.15, 0.2) is 0 Å². The molecule has 0 aliphatic heterocycles.